The quantitative estimate of drug-likeness (QED) is 0.668. The molecule has 8 heteroatoms. The Labute approximate surface area is 167 Å². The van der Waals surface area contributed by atoms with E-state index in [1.54, 1.807) is 24.0 Å². The van der Waals surface area contributed by atoms with Crippen LogP contribution >= 0.6 is 0 Å². The molecule has 0 unspecified atom stereocenters. The second-order valence-electron chi connectivity index (χ2n) is 7.89. The molecule has 0 bridgehead atoms. The number of sulfone groups is 1. The van der Waals surface area contributed by atoms with Gasteiger partial charge in [-0.3, -0.25) is 9.59 Å². The molecule has 1 aliphatic heterocycles. The van der Waals surface area contributed by atoms with Crippen molar-refractivity contribution in [1.29, 1.82) is 0 Å². The predicted octanol–water partition coefficient (Wildman–Crippen LogP) is 1.08. The van der Waals surface area contributed by atoms with Gasteiger partial charge in [0.15, 0.2) is 9.84 Å². The van der Waals surface area contributed by atoms with Crippen molar-refractivity contribution in [3.8, 4) is 0 Å². The number of rotatable bonds is 8. The van der Waals surface area contributed by atoms with Gasteiger partial charge in [0.1, 0.15) is 6.04 Å². The SMILES string of the molecule is CC(C)[C@H](NC(=O)[C@H](C)N)C(=O)N1CCC[C@H]1CS(=O)(=O)Cc1ccccc1. The third-order valence-electron chi connectivity index (χ3n) is 4.98. The summed E-state index contributed by atoms with van der Waals surface area (Å²) >= 11 is 0. The van der Waals surface area contributed by atoms with Crippen molar-refractivity contribution in [2.45, 2.75) is 57.5 Å². The number of nitrogens with one attached hydrogen (secondary N) is 1. The molecule has 1 fully saturated rings. The Bertz CT molecular complexity index is 778. The summed E-state index contributed by atoms with van der Waals surface area (Å²) in [6.45, 7) is 5.76. The maximum atomic E-state index is 13.1. The fourth-order valence-corrected chi connectivity index (χ4v) is 5.21. The smallest absolute Gasteiger partial charge is 0.245 e. The highest BCUT2D eigenvalue weighted by molar-refractivity contribution is 7.90. The molecule has 1 aliphatic rings. The van der Waals surface area contributed by atoms with E-state index in [1.807, 2.05) is 32.0 Å². The first-order chi connectivity index (χ1) is 13.1. The largest absolute Gasteiger partial charge is 0.343 e. The van der Waals surface area contributed by atoms with E-state index in [2.05, 4.69) is 5.32 Å². The van der Waals surface area contributed by atoms with Crippen molar-refractivity contribution in [3.05, 3.63) is 35.9 Å². The van der Waals surface area contributed by atoms with E-state index in [0.717, 1.165) is 12.0 Å². The molecule has 1 aromatic carbocycles. The molecule has 1 heterocycles. The topological polar surface area (TPSA) is 110 Å². The maximum Gasteiger partial charge on any atom is 0.245 e. The number of likely N-dealkylation sites (tertiary alicyclic amines) is 1. The average molecular weight is 410 g/mol. The van der Waals surface area contributed by atoms with E-state index in [9.17, 15) is 18.0 Å². The zero-order chi connectivity index (χ0) is 20.9. The van der Waals surface area contributed by atoms with Gasteiger partial charge in [0, 0.05) is 12.6 Å². The van der Waals surface area contributed by atoms with E-state index in [4.69, 9.17) is 5.73 Å². The van der Waals surface area contributed by atoms with Crippen LogP contribution in [-0.4, -0.2) is 55.6 Å². The Hall–Kier alpha value is -1.93. The molecule has 1 saturated heterocycles. The summed E-state index contributed by atoms with van der Waals surface area (Å²) in [5.41, 5.74) is 6.34. The van der Waals surface area contributed by atoms with Crippen LogP contribution in [0, 0.1) is 5.92 Å². The summed E-state index contributed by atoms with van der Waals surface area (Å²) in [5, 5.41) is 2.71. The van der Waals surface area contributed by atoms with E-state index in [1.165, 1.54) is 0 Å². The van der Waals surface area contributed by atoms with Crippen molar-refractivity contribution in [2.75, 3.05) is 12.3 Å². The molecule has 3 N–H and O–H groups in total. The van der Waals surface area contributed by atoms with Gasteiger partial charge in [-0.2, -0.15) is 0 Å². The standard InChI is InChI=1S/C20H31N3O4S/c1-14(2)18(22-19(24)15(3)21)20(25)23-11-7-10-17(23)13-28(26,27)12-16-8-5-4-6-9-16/h4-6,8-9,14-15,17-18H,7,10-13,21H2,1-3H3,(H,22,24)/t15-,17-,18-/m0/s1. The van der Waals surface area contributed by atoms with E-state index >= 15 is 0 Å². The minimum atomic E-state index is -3.37. The number of benzene rings is 1. The molecule has 156 valence electrons. The second kappa shape index (κ2) is 9.52. The minimum Gasteiger partial charge on any atom is -0.343 e. The van der Waals surface area contributed by atoms with Crippen LogP contribution in [0.1, 0.15) is 39.2 Å². The van der Waals surface area contributed by atoms with Gasteiger partial charge >= 0.3 is 0 Å². The molecule has 0 spiro atoms. The molecule has 0 aromatic heterocycles. The van der Waals surface area contributed by atoms with Crippen LogP contribution in [-0.2, 0) is 25.2 Å². The molecule has 3 atom stereocenters. The fraction of sp³-hybridized carbons (Fsp3) is 0.600. The number of carbonyl (C=O) groups is 2. The van der Waals surface area contributed by atoms with Gasteiger partial charge in [0.2, 0.25) is 11.8 Å². The second-order valence-corrected chi connectivity index (χ2v) is 10.00. The van der Waals surface area contributed by atoms with Crippen LogP contribution in [0.5, 0.6) is 0 Å². The van der Waals surface area contributed by atoms with Crippen LogP contribution in [0.15, 0.2) is 30.3 Å². The van der Waals surface area contributed by atoms with Crippen molar-refractivity contribution < 1.29 is 18.0 Å². The molecule has 7 nitrogen and oxygen atoms in total. The van der Waals surface area contributed by atoms with E-state index in [-0.39, 0.29) is 35.3 Å². The van der Waals surface area contributed by atoms with E-state index < -0.39 is 21.9 Å². The molecule has 1 aromatic rings. The lowest BCUT2D eigenvalue weighted by atomic mass is 10.0. The number of nitrogens with zero attached hydrogens (tertiary/aromatic N) is 1. The van der Waals surface area contributed by atoms with Crippen molar-refractivity contribution in [1.82, 2.24) is 10.2 Å². The maximum absolute atomic E-state index is 13.1. The zero-order valence-electron chi connectivity index (χ0n) is 16.8. The number of hydrogen-bond acceptors (Lipinski definition) is 5. The molecular formula is C20H31N3O4S. The Morgan fingerprint density at radius 1 is 1.21 bits per heavy atom. The minimum absolute atomic E-state index is 0.0403. The molecule has 0 aliphatic carbocycles. The number of amides is 2. The Morgan fingerprint density at radius 3 is 2.43 bits per heavy atom. The van der Waals surface area contributed by atoms with Crippen LogP contribution < -0.4 is 11.1 Å². The predicted molar refractivity (Wildman–Crippen MR) is 109 cm³/mol. The summed E-state index contributed by atoms with van der Waals surface area (Å²) in [7, 11) is -3.37. The van der Waals surface area contributed by atoms with Crippen molar-refractivity contribution in [3.63, 3.8) is 0 Å². The summed E-state index contributed by atoms with van der Waals surface area (Å²) in [6.07, 6.45) is 1.40. The highest BCUT2D eigenvalue weighted by Crippen LogP contribution is 2.23. The van der Waals surface area contributed by atoms with E-state index in [0.29, 0.717) is 13.0 Å². The van der Waals surface area contributed by atoms with Gasteiger partial charge in [0.25, 0.3) is 0 Å². The van der Waals surface area contributed by atoms with Crippen LogP contribution in [0.2, 0.25) is 0 Å². The lowest BCUT2D eigenvalue weighted by Crippen LogP contribution is -2.55. The van der Waals surface area contributed by atoms with Gasteiger partial charge in [-0.1, -0.05) is 44.2 Å². The van der Waals surface area contributed by atoms with Gasteiger partial charge < -0.3 is 16.0 Å². The highest BCUT2D eigenvalue weighted by atomic mass is 32.2. The molecule has 28 heavy (non-hydrogen) atoms. The Kier molecular flexibility index (Phi) is 7.60. The number of hydrogen-bond donors (Lipinski definition) is 2. The Morgan fingerprint density at radius 2 is 1.86 bits per heavy atom. The summed E-state index contributed by atoms with van der Waals surface area (Å²) < 4.78 is 25.3. The summed E-state index contributed by atoms with van der Waals surface area (Å²) in [4.78, 5) is 26.7. The first kappa shape index (κ1) is 22.4. The average Bonchev–Trinajstić information content (AvgIpc) is 3.06. The molecular weight excluding hydrogens is 378 g/mol. The van der Waals surface area contributed by atoms with Gasteiger partial charge in [0.05, 0.1) is 17.5 Å². The lowest BCUT2D eigenvalue weighted by molar-refractivity contribution is -0.138. The summed E-state index contributed by atoms with van der Waals surface area (Å²) in [5.74, 6) is -0.862. The first-order valence-electron chi connectivity index (χ1n) is 9.71. The number of carbonyl (C=O) groups excluding carboxylic acids is 2. The van der Waals surface area contributed by atoms with Crippen LogP contribution in [0.3, 0.4) is 0 Å². The molecule has 0 saturated carbocycles. The first-order valence-corrected chi connectivity index (χ1v) is 11.5. The molecule has 0 radical (unpaired) electrons. The van der Waals surface area contributed by atoms with Crippen molar-refractivity contribution >= 4 is 21.7 Å². The molecule has 2 amide bonds. The van der Waals surface area contributed by atoms with Crippen LogP contribution in [0.25, 0.3) is 0 Å². The fourth-order valence-electron chi connectivity index (χ4n) is 3.46. The summed E-state index contributed by atoms with van der Waals surface area (Å²) in [6, 6.07) is 7.24. The van der Waals surface area contributed by atoms with Gasteiger partial charge in [-0.15, -0.1) is 0 Å². The zero-order valence-corrected chi connectivity index (χ0v) is 17.6. The van der Waals surface area contributed by atoms with Crippen molar-refractivity contribution in [2.24, 2.45) is 11.7 Å². The molecule has 2 rings (SSSR count). The van der Waals surface area contributed by atoms with Gasteiger partial charge in [-0.05, 0) is 31.2 Å². The third-order valence-corrected chi connectivity index (χ3v) is 6.65. The monoisotopic (exact) mass is 409 g/mol. The Balaban J connectivity index is 2.09. The third kappa shape index (κ3) is 6.04. The number of nitrogens with two attached hydrogens (primary N) is 1. The van der Waals surface area contributed by atoms with Crippen LogP contribution in [0.4, 0.5) is 0 Å². The van der Waals surface area contributed by atoms with Gasteiger partial charge in [-0.25, -0.2) is 8.42 Å². The normalized spacial score (nSPS) is 19.5. The lowest BCUT2D eigenvalue weighted by Gasteiger charge is -2.31. The highest BCUT2D eigenvalue weighted by Gasteiger charge is 2.37.